The van der Waals surface area contributed by atoms with Gasteiger partial charge in [0.2, 0.25) is 0 Å². The number of alkyl halides is 1. The maximum absolute atomic E-state index is 11.7. The molecule has 0 saturated heterocycles. The molecule has 0 radical (unpaired) electrons. The summed E-state index contributed by atoms with van der Waals surface area (Å²) in [5, 5.41) is 12.2. The van der Waals surface area contributed by atoms with Gasteiger partial charge in [0.15, 0.2) is 0 Å². The Hall–Kier alpha value is -0.340. The monoisotopic (exact) mass is 413 g/mol. The fraction of sp³-hybridized carbons (Fsp3) is 0.364. The van der Waals surface area contributed by atoms with Gasteiger partial charge < -0.3 is 15.2 Å². The van der Waals surface area contributed by atoms with Gasteiger partial charge in [-0.15, -0.1) is 0 Å². The van der Waals surface area contributed by atoms with Crippen molar-refractivity contribution < 1.29 is 14.6 Å². The number of hydrogen-bond acceptors (Lipinski definition) is 3. The number of amides is 1. The van der Waals surface area contributed by atoms with Crippen molar-refractivity contribution in [2.75, 3.05) is 20.3 Å². The van der Waals surface area contributed by atoms with E-state index >= 15 is 0 Å². The molecule has 17 heavy (non-hydrogen) atoms. The van der Waals surface area contributed by atoms with Crippen LogP contribution in [0, 0.1) is 3.57 Å². The molecule has 4 nitrogen and oxygen atoms in total. The molecular weight excluding hydrogens is 401 g/mol. The Labute approximate surface area is 122 Å². The largest absolute Gasteiger partial charge is 0.507 e. The van der Waals surface area contributed by atoms with Gasteiger partial charge in [-0.05, 0) is 40.8 Å². The number of phenolic OH excluding ortho intramolecular Hbond substituents is 1. The van der Waals surface area contributed by atoms with E-state index in [9.17, 15) is 9.90 Å². The standard InChI is InChI=1S/C11H13BrINO3/c1-17-6-8(12)5-14-11(16)7-2-3-9(13)10(15)4-7/h2-4,8,15H,5-6H2,1H3,(H,14,16). The molecule has 6 heteroatoms. The molecule has 1 rings (SSSR count). The van der Waals surface area contributed by atoms with Gasteiger partial charge in [0, 0.05) is 19.2 Å². The van der Waals surface area contributed by atoms with Crippen LogP contribution < -0.4 is 5.32 Å². The molecule has 0 aliphatic heterocycles. The van der Waals surface area contributed by atoms with Crippen LogP contribution in [-0.4, -0.2) is 36.1 Å². The van der Waals surface area contributed by atoms with Crippen molar-refractivity contribution in [2.24, 2.45) is 0 Å². The van der Waals surface area contributed by atoms with Gasteiger partial charge in [-0.25, -0.2) is 0 Å². The minimum atomic E-state index is -0.211. The SMILES string of the molecule is COCC(Br)CNC(=O)c1ccc(I)c(O)c1. The number of hydrogen-bond donors (Lipinski definition) is 2. The highest BCUT2D eigenvalue weighted by Gasteiger charge is 2.10. The first kappa shape index (κ1) is 14.7. The second-order valence-corrected chi connectivity index (χ2v) is 5.89. The number of halogens is 2. The van der Waals surface area contributed by atoms with Crippen molar-refractivity contribution >= 4 is 44.4 Å². The van der Waals surface area contributed by atoms with Crippen molar-refractivity contribution in [1.29, 1.82) is 0 Å². The number of carbonyl (C=O) groups excluding carboxylic acids is 1. The van der Waals surface area contributed by atoms with Gasteiger partial charge in [0.1, 0.15) is 5.75 Å². The van der Waals surface area contributed by atoms with Crippen LogP contribution in [0.4, 0.5) is 0 Å². The van der Waals surface area contributed by atoms with Gasteiger partial charge in [-0.3, -0.25) is 4.79 Å². The molecule has 2 N–H and O–H groups in total. The van der Waals surface area contributed by atoms with Crippen LogP contribution in [0.3, 0.4) is 0 Å². The molecule has 0 aliphatic rings. The van der Waals surface area contributed by atoms with E-state index in [1.807, 2.05) is 22.6 Å². The lowest BCUT2D eigenvalue weighted by molar-refractivity contribution is 0.0949. The Morgan fingerprint density at radius 2 is 2.35 bits per heavy atom. The first-order valence-corrected chi connectivity index (χ1v) is 6.93. The Morgan fingerprint density at radius 1 is 1.65 bits per heavy atom. The molecule has 1 unspecified atom stereocenters. The maximum atomic E-state index is 11.7. The third-order valence-corrected chi connectivity index (χ3v) is 3.54. The Morgan fingerprint density at radius 3 is 2.94 bits per heavy atom. The fourth-order valence-corrected chi connectivity index (χ4v) is 1.96. The smallest absolute Gasteiger partial charge is 0.251 e. The predicted molar refractivity (Wildman–Crippen MR) is 77.7 cm³/mol. The summed E-state index contributed by atoms with van der Waals surface area (Å²) in [7, 11) is 1.60. The molecule has 0 heterocycles. The number of phenols is 1. The summed E-state index contributed by atoms with van der Waals surface area (Å²) in [5.74, 6) is -0.0946. The highest BCUT2D eigenvalue weighted by molar-refractivity contribution is 14.1. The summed E-state index contributed by atoms with van der Waals surface area (Å²) in [4.78, 5) is 11.8. The minimum Gasteiger partial charge on any atom is -0.507 e. The molecule has 0 aliphatic carbocycles. The molecule has 1 aromatic carbocycles. The Kier molecular flexibility index (Phi) is 6.21. The number of aromatic hydroxyl groups is 1. The second-order valence-electron chi connectivity index (χ2n) is 3.43. The lowest BCUT2D eigenvalue weighted by Crippen LogP contribution is -2.31. The highest BCUT2D eigenvalue weighted by Crippen LogP contribution is 2.20. The quantitative estimate of drug-likeness (QED) is 0.574. The van der Waals surface area contributed by atoms with E-state index in [0.29, 0.717) is 18.7 Å². The summed E-state index contributed by atoms with van der Waals surface area (Å²) < 4.78 is 5.66. The molecular formula is C11H13BrINO3. The van der Waals surface area contributed by atoms with Crippen molar-refractivity contribution in [3.63, 3.8) is 0 Å². The van der Waals surface area contributed by atoms with Crippen molar-refractivity contribution in [1.82, 2.24) is 5.32 Å². The summed E-state index contributed by atoms with van der Waals surface area (Å²) in [5.41, 5.74) is 0.444. The van der Waals surface area contributed by atoms with Gasteiger partial charge in [-0.1, -0.05) is 15.9 Å². The average Bonchev–Trinajstić information content (AvgIpc) is 2.30. The Bertz CT molecular complexity index is 400. The summed E-state index contributed by atoms with van der Waals surface area (Å²) in [6.07, 6.45) is 0. The highest BCUT2D eigenvalue weighted by atomic mass is 127. The van der Waals surface area contributed by atoms with Gasteiger partial charge in [0.05, 0.1) is 15.0 Å². The zero-order chi connectivity index (χ0) is 12.8. The van der Waals surface area contributed by atoms with Crippen LogP contribution in [0.15, 0.2) is 18.2 Å². The van der Waals surface area contributed by atoms with Crippen molar-refractivity contribution in [2.45, 2.75) is 4.83 Å². The topological polar surface area (TPSA) is 58.6 Å². The normalized spacial score (nSPS) is 12.2. The number of ether oxygens (including phenoxy) is 1. The van der Waals surface area contributed by atoms with Crippen molar-refractivity contribution in [3.8, 4) is 5.75 Å². The number of rotatable bonds is 5. The van der Waals surface area contributed by atoms with E-state index < -0.39 is 0 Å². The van der Waals surface area contributed by atoms with Gasteiger partial charge in [-0.2, -0.15) is 0 Å². The molecule has 1 aromatic rings. The van der Waals surface area contributed by atoms with E-state index in [4.69, 9.17) is 4.74 Å². The van der Waals surface area contributed by atoms with Crippen LogP contribution in [0.1, 0.15) is 10.4 Å². The van der Waals surface area contributed by atoms with Crippen molar-refractivity contribution in [3.05, 3.63) is 27.3 Å². The molecule has 0 spiro atoms. The molecule has 0 aromatic heterocycles. The summed E-state index contributed by atoms with van der Waals surface area (Å²) in [6.45, 7) is 0.998. The summed E-state index contributed by atoms with van der Waals surface area (Å²) in [6, 6.07) is 4.83. The molecule has 1 atom stereocenters. The first-order valence-electron chi connectivity index (χ1n) is 4.94. The maximum Gasteiger partial charge on any atom is 0.251 e. The predicted octanol–water partition coefficient (Wildman–Crippen LogP) is 2.14. The van der Waals surface area contributed by atoms with E-state index in [1.54, 1.807) is 19.2 Å². The zero-order valence-corrected chi connectivity index (χ0v) is 13.0. The van der Waals surface area contributed by atoms with Crippen LogP contribution in [0.25, 0.3) is 0 Å². The fourth-order valence-electron chi connectivity index (χ4n) is 1.20. The van der Waals surface area contributed by atoms with E-state index in [0.717, 1.165) is 3.57 Å². The first-order chi connectivity index (χ1) is 8.04. The van der Waals surface area contributed by atoms with E-state index in [2.05, 4.69) is 21.2 Å². The van der Waals surface area contributed by atoms with E-state index in [-0.39, 0.29) is 16.5 Å². The molecule has 94 valence electrons. The van der Waals surface area contributed by atoms with E-state index in [1.165, 1.54) is 6.07 Å². The number of benzene rings is 1. The van der Waals surface area contributed by atoms with Crippen LogP contribution in [0.5, 0.6) is 5.75 Å². The molecule has 0 fully saturated rings. The molecule has 0 saturated carbocycles. The Balaban J connectivity index is 2.55. The van der Waals surface area contributed by atoms with Crippen LogP contribution >= 0.6 is 38.5 Å². The van der Waals surface area contributed by atoms with Gasteiger partial charge in [0.25, 0.3) is 5.91 Å². The zero-order valence-electron chi connectivity index (χ0n) is 9.24. The summed E-state index contributed by atoms with van der Waals surface area (Å²) >= 11 is 5.38. The van der Waals surface area contributed by atoms with Crippen LogP contribution in [0.2, 0.25) is 0 Å². The van der Waals surface area contributed by atoms with Crippen LogP contribution in [-0.2, 0) is 4.74 Å². The molecule has 0 bridgehead atoms. The number of carbonyl (C=O) groups is 1. The molecule has 1 amide bonds. The number of nitrogens with one attached hydrogen (secondary N) is 1. The lowest BCUT2D eigenvalue weighted by Gasteiger charge is -2.10. The number of methoxy groups -OCH3 is 1. The third-order valence-electron chi connectivity index (χ3n) is 2.04. The third kappa shape index (κ3) is 4.81. The lowest BCUT2D eigenvalue weighted by atomic mass is 10.2. The average molecular weight is 414 g/mol. The van der Waals surface area contributed by atoms with Gasteiger partial charge >= 0.3 is 0 Å². The second kappa shape index (κ2) is 7.17. The minimum absolute atomic E-state index is 0.0777.